The summed E-state index contributed by atoms with van der Waals surface area (Å²) in [6.45, 7) is 1.31. The molecule has 0 aromatic heterocycles. The third-order valence-corrected chi connectivity index (χ3v) is 1.84. The molecule has 0 bridgehead atoms. The van der Waals surface area contributed by atoms with Crippen LogP contribution in [0.5, 0.6) is 0 Å². The van der Waals surface area contributed by atoms with Gasteiger partial charge in [0.1, 0.15) is 6.61 Å². The Labute approximate surface area is 92.6 Å². The van der Waals surface area contributed by atoms with Crippen LogP contribution >= 0.6 is 22.6 Å². The van der Waals surface area contributed by atoms with Crippen molar-refractivity contribution in [3.63, 3.8) is 0 Å². The Hall–Kier alpha value is -0.530. The molecule has 1 rings (SSSR count). The van der Waals surface area contributed by atoms with Crippen molar-refractivity contribution in [2.45, 2.75) is 0 Å². The van der Waals surface area contributed by atoms with Crippen LogP contribution in [0.1, 0.15) is 5.56 Å². The predicted octanol–water partition coefficient (Wildman–Crippen LogP) is 2.49. The first-order chi connectivity index (χ1) is 6.43. The molecule has 0 fully saturated rings. The Kier molecular flexibility index (Phi) is 5.62. The predicted molar refractivity (Wildman–Crippen MR) is 63.0 cm³/mol. The molecule has 0 saturated heterocycles. The van der Waals surface area contributed by atoms with Crippen molar-refractivity contribution >= 4 is 22.6 Å². The Bertz CT molecular complexity index is 284. The largest absolute Gasteiger partial charge is 0.368 e. The van der Waals surface area contributed by atoms with Gasteiger partial charge in [-0.2, -0.15) is 0 Å². The van der Waals surface area contributed by atoms with Gasteiger partial charge in [-0.05, 0) is 12.1 Å². The third kappa shape index (κ3) is 4.91. The standard InChI is InChI=1S/C11H11IO/c12-8-10-13-9-4-7-11-5-2-1-3-6-11/h1-3,5-6H,8-10H2. The van der Waals surface area contributed by atoms with Gasteiger partial charge < -0.3 is 4.74 Å². The van der Waals surface area contributed by atoms with E-state index in [9.17, 15) is 0 Å². The van der Waals surface area contributed by atoms with Crippen molar-refractivity contribution < 1.29 is 4.74 Å². The normalized spacial score (nSPS) is 9.00. The maximum Gasteiger partial charge on any atom is 0.108 e. The molecule has 0 aliphatic rings. The molecule has 13 heavy (non-hydrogen) atoms. The minimum absolute atomic E-state index is 0.526. The summed E-state index contributed by atoms with van der Waals surface area (Å²) in [6.07, 6.45) is 0. The van der Waals surface area contributed by atoms with Crippen molar-refractivity contribution in [3.05, 3.63) is 35.9 Å². The van der Waals surface area contributed by atoms with Crippen molar-refractivity contribution in [3.8, 4) is 11.8 Å². The van der Waals surface area contributed by atoms with E-state index in [1.807, 2.05) is 30.3 Å². The van der Waals surface area contributed by atoms with Gasteiger partial charge in [0.15, 0.2) is 0 Å². The van der Waals surface area contributed by atoms with Crippen molar-refractivity contribution in [2.24, 2.45) is 0 Å². The van der Waals surface area contributed by atoms with Gasteiger partial charge in [-0.15, -0.1) is 0 Å². The molecule has 0 saturated carbocycles. The van der Waals surface area contributed by atoms with E-state index in [1.54, 1.807) is 0 Å². The Morgan fingerprint density at radius 1 is 1.23 bits per heavy atom. The summed E-state index contributed by atoms with van der Waals surface area (Å²) in [7, 11) is 0. The number of ether oxygens (including phenoxy) is 1. The van der Waals surface area contributed by atoms with Crippen LogP contribution in [-0.4, -0.2) is 17.6 Å². The fourth-order valence-corrected chi connectivity index (χ4v) is 1.15. The summed E-state index contributed by atoms with van der Waals surface area (Å²) in [6, 6.07) is 9.93. The molecule has 0 heterocycles. The lowest BCUT2D eigenvalue weighted by molar-refractivity contribution is 0.187. The fourth-order valence-electron chi connectivity index (χ4n) is 0.837. The van der Waals surface area contributed by atoms with Crippen LogP contribution in [0.2, 0.25) is 0 Å². The zero-order valence-corrected chi connectivity index (χ0v) is 9.45. The van der Waals surface area contributed by atoms with Gasteiger partial charge in [0.05, 0.1) is 6.61 Å². The highest BCUT2D eigenvalue weighted by Gasteiger charge is 1.82. The maximum absolute atomic E-state index is 5.22. The van der Waals surface area contributed by atoms with Gasteiger partial charge >= 0.3 is 0 Å². The number of rotatable bonds is 3. The molecule has 0 aliphatic heterocycles. The van der Waals surface area contributed by atoms with E-state index in [1.165, 1.54) is 0 Å². The molecule has 1 aromatic rings. The van der Waals surface area contributed by atoms with Gasteiger partial charge in [-0.3, -0.25) is 0 Å². The number of alkyl halides is 1. The van der Waals surface area contributed by atoms with Gasteiger partial charge in [0, 0.05) is 9.99 Å². The van der Waals surface area contributed by atoms with Gasteiger partial charge in [-0.25, -0.2) is 0 Å². The van der Waals surface area contributed by atoms with E-state index in [0.29, 0.717) is 6.61 Å². The number of halogens is 1. The van der Waals surface area contributed by atoms with Crippen LogP contribution in [0, 0.1) is 11.8 Å². The average molecular weight is 286 g/mol. The van der Waals surface area contributed by atoms with E-state index in [4.69, 9.17) is 4.74 Å². The van der Waals surface area contributed by atoms with E-state index >= 15 is 0 Å². The molecule has 0 aliphatic carbocycles. The molecule has 0 atom stereocenters. The van der Waals surface area contributed by atoms with Crippen LogP contribution in [0.25, 0.3) is 0 Å². The Morgan fingerprint density at radius 3 is 2.69 bits per heavy atom. The van der Waals surface area contributed by atoms with E-state index in [2.05, 4.69) is 34.4 Å². The monoisotopic (exact) mass is 286 g/mol. The van der Waals surface area contributed by atoms with E-state index in [-0.39, 0.29) is 0 Å². The lowest BCUT2D eigenvalue weighted by Crippen LogP contribution is -1.94. The molecule has 0 N–H and O–H groups in total. The van der Waals surface area contributed by atoms with Crippen molar-refractivity contribution in [1.29, 1.82) is 0 Å². The molecule has 0 amide bonds. The highest BCUT2D eigenvalue weighted by Crippen LogP contribution is 1.94. The summed E-state index contributed by atoms with van der Waals surface area (Å²) >= 11 is 2.28. The molecule has 2 heteroatoms. The summed E-state index contributed by atoms with van der Waals surface area (Å²) < 4.78 is 6.24. The Morgan fingerprint density at radius 2 is 2.00 bits per heavy atom. The SMILES string of the molecule is ICCOCC#Cc1ccccc1. The summed E-state index contributed by atoms with van der Waals surface area (Å²) in [5.74, 6) is 5.99. The zero-order chi connectivity index (χ0) is 9.36. The van der Waals surface area contributed by atoms with Crippen molar-refractivity contribution in [2.75, 3.05) is 17.6 Å². The first kappa shape index (κ1) is 10.6. The summed E-state index contributed by atoms with van der Waals surface area (Å²) in [5.41, 5.74) is 1.04. The first-order valence-corrected chi connectivity index (χ1v) is 5.63. The maximum atomic E-state index is 5.22. The van der Waals surface area contributed by atoms with Gasteiger partial charge in [-0.1, -0.05) is 52.6 Å². The Balaban J connectivity index is 2.31. The smallest absolute Gasteiger partial charge is 0.108 e. The lowest BCUT2D eigenvalue weighted by Gasteiger charge is -1.92. The third-order valence-electron chi connectivity index (χ3n) is 1.40. The quantitative estimate of drug-likeness (QED) is 0.359. The molecule has 0 spiro atoms. The molecule has 0 unspecified atom stereocenters. The van der Waals surface area contributed by atoms with Crippen LogP contribution in [0.15, 0.2) is 30.3 Å². The molecule has 68 valence electrons. The molecular formula is C11H11IO. The minimum atomic E-state index is 0.526. The molecule has 1 nitrogen and oxygen atoms in total. The average Bonchev–Trinajstić information content (AvgIpc) is 2.19. The van der Waals surface area contributed by atoms with E-state index in [0.717, 1.165) is 16.6 Å². The first-order valence-electron chi connectivity index (χ1n) is 4.11. The molecule has 1 aromatic carbocycles. The second-order valence-electron chi connectivity index (χ2n) is 2.41. The second-order valence-corrected chi connectivity index (χ2v) is 3.49. The van der Waals surface area contributed by atoms with Crippen molar-refractivity contribution in [1.82, 2.24) is 0 Å². The lowest BCUT2D eigenvalue weighted by atomic mass is 10.2. The minimum Gasteiger partial charge on any atom is -0.368 e. The second kappa shape index (κ2) is 6.93. The number of benzene rings is 1. The number of hydrogen-bond donors (Lipinski definition) is 0. The van der Waals surface area contributed by atoms with Gasteiger partial charge in [0.2, 0.25) is 0 Å². The van der Waals surface area contributed by atoms with Crippen LogP contribution in [-0.2, 0) is 4.74 Å². The number of hydrogen-bond acceptors (Lipinski definition) is 1. The van der Waals surface area contributed by atoms with Crippen LogP contribution < -0.4 is 0 Å². The van der Waals surface area contributed by atoms with E-state index < -0.39 is 0 Å². The highest BCUT2D eigenvalue weighted by atomic mass is 127. The van der Waals surface area contributed by atoms with Gasteiger partial charge in [0.25, 0.3) is 0 Å². The fraction of sp³-hybridized carbons (Fsp3) is 0.273. The summed E-state index contributed by atoms with van der Waals surface area (Å²) in [4.78, 5) is 0. The zero-order valence-electron chi connectivity index (χ0n) is 7.29. The van der Waals surface area contributed by atoms with Crippen LogP contribution in [0.4, 0.5) is 0 Å². The molecule has 0 radical (unpaired) electrons. The van der Waals surface area contributed by atoms with Crippen LogP contribution in [0.3, 0.4) is 0 Å². The molecular weight excluding hydrogens is 275 g/mol. The topological polar surface area (TPSA) is 9.23 Å². The summed E-state index contributed by atoms with van der Waals surface area (Å²) in [5, 5.41) is 0. The highest BCUT2D eigenvalue weighted by molar-refractivity contribution is 14.1.